The Hall–Kier alpha value is -1.22. The van der Waals surface area contributed by atoms with Crippen LogP contribution in [0, 0.1) is 11.3 Å². The van der Waals surface area contributed by atoms with E-state index in [0.717, 1.165) is 18.2 Å². The molecule has 0 aromatic heterocycles. The second-order valence-corrected chi connectivity index (χ2v) is 6.21. The summed E-state index contributed by atoms with van der Waals surface area (Å²) < 4.78 is 5.70. The SMILES string of the molecule is CC(C)(C)C1CN(CCOc2ccccc2N)C1. The molecule has 1 aromatic rings. The topological polar surface area (TPSA) is 38.5 Å². The van der Waals surface area contributed by atoms with E-state index in [4.69, 9.17) is 10.5 Å². The van der Waals surface area contributed by atoms with Crippen molar-refractivity contribution >= 4 is 5.69 Å². The van der Waals surface area contributed by atoms with Gasteiger partial charge in [0.1, 0.15) is 12.4 Å². The molecule has 0 spiro atoms. The number of benzene rings is 1. The molecule has 1 saturated heterocycles. The fourth-order valence-corrected chi connectivity index (χ4v) is 2.20. The van der Waals surface area contributed by atoms with Gasteiger partial charge in [0.25, 0.3) is 0 Å². The van der Waals surface area contributed by atoms with Crippen LogP contribution in [0.25, 0.3) is 0 Å². The first-order valence-electron chi connectivity index (χ1n) is 6.66. The van der Waals surface area contributed by atoms with Crippen molar-refractivity contribution in [1.82, 2.24) is 4.90 Å². The highest BCUT2D eigenvalue weighted by Gasteiger charge is 2.35. The van der Waals surface area contributed by atoms with Gasteiger partial charge < -0.3 is 10.5 Å². The summed E-state index contributed by atoms with van der Waals surface area (Å²) in [6, 6.07) is 7.66. The van der Waals surface area contributed by atoms with Gasteiger partial charge in [-0.15, -0.1) is 0 Å². The lowest BCUT2D eigenvalue weighted by Crippen LogP contribution is -2.53. The number of nitrogens with two attached hydrogens (primary N) is 1. The van der Waals surface area contributed by atoms with E-state index in [1.54, 1.807) is 0 Å². The van der Waals surface area contributed by atoms with Crippen molar-refractivity contribution in [2.45, 2.75) is 20.8 Å². The third-order valence-electron chi connectivity index (χ3n) is 3.77. The van der Waals surface area contributed by atoms with Crippen LogP contribution in [0.2, 0.25) is 0 Å². The lowest BCUT2D eigenvalue weighted by atomic mass is 9.76. The zero-order chi connectivity index (χ0) is 13.2. The molecule has 0 unspecified atom stereocenters. The molecule has 0 radical (unpaired) electrons. The molecule has 3 nitrogen and oxygen atoms in total. The Morgan fingerprint density at radius 1 is 1.28 bits per heavy atom. The molecule has 3 heteroatoms. The number of anilines is 1. The van der Waals surface area contributed by atoms with E-state index >= 15 is 0 Å². The molecule has 1 aromatic carbocycles. The van der Waals surface area contributed by atoms with Crippen LogP contribution in [0.15, 0.2) is 24.3 Å². The molecule has 1 aliphatic heterocycles. The molecule has 0 saturated carbocycles. The van der Waals surface area contributed by atoms with E-state index in [2.05, 4.69) is 25.7 Å². The van der Waals surface area contributed by atoms with Crippen LogP contribution in [0.4, 0.5) is 5.69 Å². The Morgan fingerprint density at radius 3 is 2.56 bits per heavy atom. The normalized spacial score (nSPS) is 17.5. The van der Waals surface area contributed by atoms with Gasteiger partial charge >= 0.3 is 0 Å². The Kier molecular flexibility index (Phi) is 3.81. The largest absolute Gasteiger partial charge is 0.490 e. The maximum Gasteiger partial charge on any atom is 0.142 e. The maximum absolute atomic E-state index is 5.82. The minimum absolute atomic E-state index is 0.432. The van der Waals surface area contributed by atoms with Gasteiger partial charge in [0.2, 0.25) is 0 Å². The van der Waals surface area contributed by atoms with Crippen LogP contribution < -0.4 is 10.5 Å². The number of nitrogen functional groups attached to an aromatic ring is 1. The summed E-state index contributed by atoms with van der Waals surface area (Å²) in [4.78, 5) is 2.44. The second-order valence-electron chi connectivity index (χ2n) is 6.21. The number of para-hydroxylation sites is 2. The molecule has 100 valence electrons. The molecule has 0 amide bonds. The molecule has 0 aliphatic carbocycles. The summed E-state index contributed by atoms with van der Waals surface area (Å²) >= 11 is 0. The van der Waals surface area contributed by atoms with Crippen molar-refractivity contribution in [3.8, 4) is 5.75 Å². The second kappa shape index (κ2) is 5.19. The van der Waals surface area contributed by atoms with Gasteiger partial charge in [-0.05, 0) is 23.5 Å². The first-order valence-corrected chi connectivity index (χ1v) is 6.66. The molecular formula is C15H24N2O. The van der Waals surface area contributed by atoms with Crippen molar-refractivity contribution < 1.29 is 4.74 Å². The lowest BCUT2D eigenvalue weighted by molar-refractivity contribution is 0.0167. The quantitative estimate of drug-likeness (QED) is 0.832. The van der Waals surface area contributed by atoms with Gasteiger partial charge in [-0.2, -0.15) is 0 Å². The Morgan fingerprint density at radius 2 is 1.94 bits per heavy atom. The lowest BCUT2D eigenvalue weighted by Gasteiger charge is -2.46. The summed E-state index contributed by atoms with van der Waals surface area (Å²) in [5.74, 6) is 1.62. The summed E-state index contributed by atoms with van der Waals surface area (Å²) in [7, 11) is 0. The van der Waals surface area contributed by atoms with Crippen LogP contribution in [0.5, 0.6) is 5.75 Å². The molecule has 1 aliphatic rings. The predicted octanol–water partition coefficient (Wildman–Crippen LogP) is 2.63. The van der Waals surface area contributed by atoms with E-state index in [0.29, 0.717) is 17.7 Å². The van der Waals surface area contributed by atoms with Crippen molar-refractivity contribution in [1.29, 1.82) is 0 Å². The Labute approximate surface area is 110 Å². The van der Waals surface area contributed by atoms with Gasteiger partial charge in [-0.1, -0.05) is 32.9 Å². The summed E-state index contributed by atoms with van der Waals surface area (Å²) in [5.41, 5.74) is 6.97. The fourth-order valence-electron chi connectivity index (χ4n) is 2.20. The minimum atomic E-state index is 0.432. The summed E-state index contributed by atoms with van der Waals surface area (Å²) in [6.45, 7) is 11.0. The van der Waals surface area contributed by atoms with Crippen LogP contribution >= 0.6 is 0 Å². The number of rotatable bonds is 4. The van der Waals surface area contributed by atoms with Crippen molar-refractivity contribution in [3.63, 3.8) is 0 Å². The van der Waals surface area contributed by atoms with Gasteiger partial charge in [0, 0.05) is 19.6 Å². The number of likely N-dealkylation sites (tertiary alicyclic amines) is 1. The summed E-state index contributed by atoms with van der Waals surface area (Å²) in [5, 5.41) is 0. The molecule has 0 bridgehead atoms. The van der Waals surface area contributed by atoms with Crippen LogP contribution in [0.1, 0.15) is 20.8 Å². The molecule has 1 fully saturated rings. The number of hydrogen-bond donors (Lipinski definition) is 1. The molecule has 2 N–H and O–H groups in total. The zero-order valence-electron chi connectivity index (χ0n) is 11.6. The monoisotopic (exact) mass is 248 g/mol. The number of ether oxygens (including phenoxy) is 1. The predicted molar refractivity (Wildman–Crippen MR) is 75.7 cm³/mol. The highest BCUT2D eigenvalue weighted by Crippen LogP contribution is 2.33. The van der Waals surface area contributed by atoms with Gasteiger partial charge in [0.15, 0.2) is 0 Å². The average Bonchev–Trinajstić information content (AvgIpc) is 2.22. The summed E-state index contributed by atoms with van der Waals surface area (Å²) in [6.07, 6.45) is 0. The number of nitrogens with zero attached hydrogens (tertiary/aromatic N) is 1. The van der Waals surface area contributed by atoms with E-state index in [1.807, 2.05) is 24.3 Å². The van der Waals surface area contributed by atoms with Gasteiger partial charge in [-0.3, -0.25) is 4.90 Å². The Balaban J connectivity index is 1.68. The van der Waals surface area contributed by atoms with Crippen LogP contribution in [-0.4, -0.2) is 31.1 Å². The highest BCUT2D eigenvalue weighted by atomic mass is 16.5. The van der Waals surface area contributed by atoms with E-state index in [9.17, 15) is 0 Å². The van der Waals surface area contributed by atoms with Crippen LogP contribution in [-0.2, 0) is 0 Å². The molecule has 2 rings (SSSR count). The Bertz CT molecular complexity index is 392. The van der Waals surface area contributed by atoms with Gasteiger partial charge in [-0.25, -0.2) is 0 Å². The number of hydrogen-bond acceptors (Lipinski definition) is 3. The third-order valence-corrected chi connectivity index (χ3v) is 3.77. The van der Waals surface area contributed by atoms with Crippen molar-refractivity contribution in [2.24, 2.45) is 11.3 Å². The smallest absolute Gasteiger partial charge is 0.142 e. The van der Waals surface area contributed by atoms with E-state index in [1.165, 1.54) is 13.1 Å². The highest BCUT2D eigenvalue weighted by molar-refractivity contribution is 5.51. The first kappa shape index (κ1) is 13.2. The average molecular weight is 248 g/mol. The van der Waals surface area contributed by atoms with E-state index in [-0.39, 0.29) is 0 Å². The third kappa shape index (κ3) is 3.16. The minimum Gasteiger partial charge on any atom is -0.490 e. The maximum atomic E-state index is 5.82. The zero-order valence-corrected chi connectivity index (χ0v) is 11.6. The molecular weight excluding hydrogens is 224 g/mol. The van der Waals surface area contributed by atoms with Crippen molar-refractivity contribution in [2.75, 3.05) is 32.0 Å². The van der Waals surface area contributed by atoms with Gasteiger partial charge in [0.05, 0.1) is 5.69 Å². The van der Waals surface area contributed by atoms with Crippen molar-refractivity contribution in [3.05, 3.63) is 24.3 Å². The van der Waals surface area contributed by atoms with Crippen LogP contribution in [0.3, 0.4) is 0 Å². The first-order chi connectivity index (χ1) is 8.47. The molecule has 18 heavy (non-hydrogen) atoms. The standard InChI is InChI=1S/C15H24N2O/c1-15(2,3)12-10-17(11-12)8-9-18-14-7-5-4-6-13(14)16/h4-7,12H,8-11,16H2,1-3H3. The fraction of sp³-hybridized carbons (Fsp3) is 0.600. The molecule has 1 heterocycles. The van der Waals surface area contributed by atoms with E-state index < -0.39 is 0 Å². The molecule has 0 atom stereocenters.